The SMILES string of the molecule is [B]c1c([B])c(O)c(-c2c3c([B])c(O)c([B])c([B])c3c(-c3ccc(-c4c(-c5ccccc5)ccc5oc6ccccc6c45)cc3)c3c([B])c([B])c(O)c([B])c23)c(O)c1[B]. The molecule has 4 N–H and O–H groups in total. The van der Waals surface area contributed by atoms with Crippen LogP contribution in [-0.2, 0) is 0 Å². The number of benzene rings is 8. The van der Waals surface area contributed by atoms with Crippen molar-refractivity contribution in [3.05, 3.63) is 91.0 Å². The Labute approximate surface area is 345 Å². The van der Waals surface area contributed by atoms with Gasteiger partial charge in [-0.15, -0.1) is 5.46 Å². The van der Waals surface area contributed by atoms with E-state index < -0.39 is 23.0 Å². The average Bonchev–Trinajstić information content (AvgIpc) is 3.63. The van der Waals surface area contributed by atoms with Crippen LogP contribution in [0.1, 0.15) is 0 Å². The summed E-state index contributed by atoms with van der Waals surface area (Å²) < 4.78 is 6.30. The van der Waals surface area contributed by atoms with Crippen LogP contribution in [0.25, 0.3) is 88.0 Å². The summed E-state index contributed by atoms with van der Waals surface area (Å²) in [5, 5.41) is 47.7. The van der Waals surface area contributed by atoms with Gasteiger partial charge in [0.2, 0.25) is 0 Å². The molecule has 0 aliphatic carbocycles. The number of rotatable bonds is 4. The molecule has 0 aliphatic heterocycles. The molecule has 0 amide bonds. The third-order valence-corrected chi connectivity index (χ3v) is 11.1. The zero-order valence-corrected chi connectivity index (χ0v) is 30.6. The van der Waals surface area contributed by atoms with Gasteiger partial charge in [-0.05, 0) is 72.4 Å². The highest BCUT2D eigenvalue weighted by atomic mass is 16.3. The highest BCUT2D eigenvalue weighted by molar-refractivity contribution is 6.65. The Bertz CT molecular complexity index is 3140. The Morgan fingerprint density at radius 2 is 0.776 bits per heavy atom. The molecule has 0 bridgehead atoms. The first-order valence-electron chi connectivity index (χ1n) is 17.9. The fourth-order valence-corrected chi connectivity index (χ4v) is 8.21. The number of aromatic hydroxyl groups is 4. The van der Waals surface area contributed by atoms with Gasteiger partial charge in [-0.3, -0.25) is 0 Å². The standard InChI is InChI=1S/C44H19B9O5/c45-32-27-24(18-12-10-17(11-13-18)23-19(16-6-2-1-3-7-16)14-15-22-25(23)20-8-4-5-9-21(20)58-22)28-30(35(48)44(57)38(51)33(28)46)26(29(27)34(47)43(56)37(32)50)31-41(54)39(52)36(49)40(53)42(31)55/h1-15,54-57H. The van der Waals surface area contributed by atoms with Crippen LogP contribution in [-0.4, -0.2) is 91.0 Å². The Kier molecular flexibility index (Phi) is 8.70. The predicted octanol–water partition coefficient (Wildman–Crippen LogP) is 0.527. The molecule has 0 unspecified atom stereocenters. The number of phenolic OH excluding ortho intramolecular Hbond substituents is 4. The summed E-state index contributed by atoms with van der Waals surface area (Å²) >= 11 is 0. The lowest BCUT2D eigenvalue weighted by Gasteiger charge is -2.28. The predicted molar refractivity (Wildman–Crippen MR) is 246 cm³/mol. The first-order chi connectivity index (χ1) is 27.7. The van der Waals surface area contributed by atoms with Gasteiger partial charge >= 0.3 is 0 Å². The molecule has 0 spiro atoms. The highest BCUT2D eigenvalue weighted by Crippen LogP contribution is 2.48. The smallest absolute Gasteiger partial charge is 0.136 e. The summed E-state index contributed by atoms with van der Waals surface area (Å²) in [6, 6.07) is 29.4. The van der Waals surface area contributed by atoms with E-state index in [4.69, 9.17) is 75.0 Å². The normalized spacial score (nSPS) is 11.7. The topological polar surface area (TPSA) is 94.1 Å². The number of phenols is 4. The number of hydrogen-bond donors (Lipinski definition) is 4. The van der Waals surface area contributed by atoms with E-state index in [9.17, 15) is 20.4 Å². The largest absolute Gasteiger partial charge is 0.509 e. The Morgan fingerprint density at radius 1 is 0.310 bits per heavy atom. The van der Waals surface area contributed by atoms with Crippen LogP contribution >= 0.6 is 0 Å². The first-order valence-corrected chi connectivity index (χ1v) is 17.9. The van der Waals surface area contributed by atoms with Crippen molar-refractivity contribution < 1.29 is 24.8 Å². The van der Waals surface area contributed by atoms with Crippen LogP contribution in [0.3, 0.4) is 0 Å². The molecule has 252 valence electrons. The lowest BCUT2D eigenvalue weighted by atomic mass is 9.63. The van der Waals surface area contributed by atoms with Crippen LogP contribution < -0.4 is 49.2 Å². The van der Waals surface area contributed by atoms with Crippen molar-refractivity contribution in [1.82, 2.24) is 0 Å². The van der Waals surface area contributed by atoms with Crippen LogP contribution in [0, 0.1) is 0 Å². The molecule has 1 aromatic heterocycles. The van der Waals surface area contributed by atoms with E-state index in [1.54, 1.807) is 0 Å². The zero-order valence-electron chi connectivity index (χ0n) is 30.6. The van der Waals surface area contributed by atoms with Crippen molar-refractivity contribution >= 4 is 163 Å². The lowest BCUT2D eigenvalue weighted by Crippen LogP contribution is -2.39. The number of para-hydroxylation sites is 1. The molecular weight excluding hydrogens is 706 g/mol. The maximum absolute atomic E-state index is 11.5. The minimum absolute atomic E-state index is 0.0405. The van der Waals surface area contributed by atoms with E-state index in [0.717, 1.165) is 38.6 Å². The van der Waals surface area contributed by atoms with E-state index in [-0.39, 0.29) is 81.8 Å². The van der Waals surface area contributed by atoms with Crippen molar-refractivity contribution in [3.8, 4) is 67.5 Å². The second-order valence-corrected chi connectivity index (χ2v) is 14.1. The molecule has 1 heterocycles. The second-order valence-electron chi connectivity index (χ2n) is 14.1. The number of fused-ring (bicyclic) bond motifs is 5. The summed E-state index contributed by atoms with van der Waals surface area (Å²) in [6.45, 7) is 0. The van der Waals surface area contributed by atoms with Crippen molar-refractivity contribution in [2.24, 2.45) is 0 Å². The highest BCUT2D eigenvalue weighted by Gasteiger charge is 2.30. The Balaban J connectivity index is 1.44. The fourth-order valence-electron chi connectivity index (χ4n) is 8.21. The average molecular weight is 725 g/mol. The van der Waals surface area contributed by atoms with Gasteiger partial charge in [0.15, 0.2) is 0 Å². The van der Waals surface area contributed by atoms with E-state index in [1.807, 2.05) is 91.0 Å². The quantitative estimate of drug-likeness (QED) is 0.157. The summed E-state index contributed by atoms with van der Waals surface area (Å²) in [7, 11) is 58.1. The molecular formula is C44H19B9O5. The first kappa shape index (κ1) is 37.4. The van der Waals surface area contributed by atoms with Gasteiger partial charge < -0.3 is 24.8 Å². The summed E-state index contributed by atoms with van der Waals surface area (Å²) in [4.78, 5) is 0. The van der Waals surface area contributed by atoms with Gasteiger partial charge in [0.1, 0.15) is 105 Å². The van der Waals surface area contributed by atoms with Gasteiger partial charge in [0, 0.05) is 21.9 Å². The van der Waals surface area contributed by atoms with Gasteiger partial charge in [0.25, 0.3) is 0 Å². The summed E-state index contributed by atoms with van der Waals surface area (Å²) in [5.74, 6) is -2.60. The molecule has 0 aliphatic rings. The maximum atomic E-state index is 11.5. The van der Waals surface area contributed by atoms with Gasteiger partial charge in [-0.1, -0.05) is 112 Å². The maximum Gasteiger partial charge on any atom is 0.136 e. The molecule has 9 aromatic rings. The van der Waals surface area contributed by atoms with Gasteiger partial charge in [0.05, 0.1) is 5.56 Å². The molecule has 58 heavy (non-hydrogen) atoms. The molecule has 9 rings (SSSR count). The van der Waals surface area contributed by atoms with E-state index in [1.165, 1.54) is 0 Å². The molecule has 0 saturated heterocycles. The van der Waals surface area contributed by atoms with Crippen LogP contribution in [0.5, 0.6) is 23.0 Å². The third-order valence-electron chi connectivity index (χ3n) is 11.1. The third kappa shape index (κ3) is 5.16. The summed E-state index contributed by atoms with van der Waals surface area (Å²) in [6.07, 6.45) is 0. The van der Waals surface area contributed by atoms with Crippen molar-refractivity contribution in [3.63, 3.8) is 0 Å². The molecule has 0 atom stereocenters. The van der Waals surface area contributed by atoms with E-state index in [0.29, 0.717) is 16.7 Å². The molecule has 0 saturated carbocycles. The molecule has 0 fully saturated rings. The minimum Gasteiger partial charge on any atom is -0.509 e. The molecule has 8 aromatic carbocycles. The van der Waals surface area contributed by atoms with Crippen molar-refractivity contribution in [2.75, 3.05) is 0 Å². The van der Waals surface area contributed by atoms with Gasteiger partial charge in [-0.25, -0.2) is 0 Å². The Morgan fingerprint density at radius 3 is 1.33 bits per heavy atom. The van der Waals surface area contributed by atoms with E-state index >= 15 is 0 Å². The van der Waals surface area contributed by atoms with Crippen LogP contribution in [0.15, 0.2) is 95.4 Å². The molecule has 18 radical (unpaired) electrons. The minimum atomic E-state index is -0.706. The van der Waals surface area contributed by atoms with Crippen LogP contribution in [0.2, 0.25) is 0 Å². The second kappa shape index (κ2) is 13.5. The Hall–Kier alpha value is -6.14. The fraction of sp³-hybridized carbons (Fsp3) is 0. The van der Waals surface area contributed by atoms with Crippen molar-refractivity contribution in [2.45, 2.75) is 0 Å². The molecule has 5 nitrogen and oxygen atoms in total. The molecule has 14 heteroatoms. The van der Waals surface area contributed by atoms with E-state index in [2.05, 4.69) is 0 Å². The monoisotopic (exact) mass is 726 g/mol. The lowest BCUT2D eigenvalue weighted by molar-refractivity contribution is 0.460. The van der Waals surface area contributed by atoms with Crippen molar-refractivity contribution in [1.29, 1.82) is 0 Å². The van der Waals surface area contributed by atoms with Crippen LogP contribution in [0.4, 0.5) is 0 Å². The summed E-state index contributed by atoms with van der Waals surface area (Å²) in [5.41, 5.74) is 2.97. The van der Waals surface area contributed by atoms with Gasteiger partial charge in [-0.2, -0.15) is 0 Å². The number of furan rings is 1. The number of hydrogen-bond acceptors (Lipinski definition) is 5. The zero-order chi connectivity index (χ0) is 41.1.